The predicted molar refractivity (Wildman–Crippen MR) is 82.4 cm³/mol. The normalized spacial score (nSPS) is 17.2. The summed E-state index contributed by atoms with van der Waals surface area (Å²) in [6.45, 7) is 8.37. The van der Waals surface area contributed by atoms with E-state index in [1.807, 2.05) is 13.8 Å². The Bertz CT molecular complexity index is 514. The Labute approximate surface area is 126 Å². The Kier molecular flexibility index (Phi) is 4.57. The van der Waals surface area contributed by atoms with Crippen molar-refractivity contribution in [1.82, 2.24) is 0 Å². The van der Waals surface area contributed by atoms with Gasteiger partial charge in [-0.3, -0.25) is 0 Å². The van der Waals surface area contributed by atoms with Crippen molar-refractivity contribution < 1.29 is 14.3 Å². The zero-order valence-electron chi connectivity index (χ0n) is 13.4. The SMILES string of the molecule is CCOC(=O)C(N)(COc1c(C)cc(C)cc1C)C1CC1. The molecule has 0 amide bonds. The lowest BCUT2D eigenvalue weighted by molar-refractivity contribution is -0.152. The Morgan fingerprint density at radius 2 is 1.86 bits per heavy atom. The average molecular weight is 291 g/mol. The van der Waals surface area contributed by atoms with E-state index in [0.717, 1.165) is 29.7 Å². The summed E-state index contributed by atoms with van der Waals surface area (Å²) in [7, 11) is 0. The summed E-state index contributed by atoms with van der Waals surface area (Å²) >= 11 is 0. The second-order valence-corrected chi connectivity index (χ2v) is 6.05. The van der Waals surface area contributed by atoms with Crippen LogP contribution in [-0.2, 0) is 9.53 Å². The molecule has 1 aliphatic rings. The highest BCUT2D eigenvalue weighted by molar-refractivity contribution is 5.81. The van der Waals surface area contributed by atoms with Crippen LogP contribution in [0, 0.1) is 26.7 Å². The third-order valence-corrected chi connectivity index (χ3v) is 4.02. The maximum atomic E-state index is 12.2. The molecule has 116 valence electrons. The number of aryl methyl sites for hydroxylation is 3. The highest BCUT2D eigenvalue weighted by Gasteiger charge is 2.50. The molecule has 1 aromatic carbocycles. The molecule has 0 aliphatic heterocycles. The quantitative estimate of drug-likeness (QED) is 0.819. The van der Waals surface area contributed by atoms with E-state index in [0.29, 0.717) is 6.61 Å². The van der Waals surface area contributed by atoms with E-state index in [4.69, 9.17) is 15.2 Å². The van der Waals surface area contributed by atoms with Gasteiger partial charge in [0.15, 0.2) is 5.54 Å². The average Bonchev–Trinajstić information content (AvgIpc) is 3.21. The second kappa shape index (κ2) is 6.06. The van der Waals surface area contributed by atoms with E-state index in [1.165, 1.54) is 5.56 Å². The molecule has 0 radical (unpaired) electrons. The van der Waals surface area contributed by atoms with Crippen LogP contribution in [0.15, 0.2) is 12.1 Å². The molecular weight excluding hydrogens is 266 g/mol. The van der Waals surface area contributed by atoms with Gasteiger partial charge in [-0.2, -0.15) is 0 Å². The summed E-state index contributed by atoms with van der Waals surface area (Å²) in [6, 6.07) is 4.14. The van der Waals surface area contributed by atoms with Crippen LogP contribution in [-0.4, -0.2) is 24.7 Å². The van der Waals surface area contributed by atoms with E-state index in [9.17, 15) is 4.79 Å². The molecule has 0 spiro atoms. The Morgan fingerprint density at radius 3 is 2.33 bits per heavy atom. The van der Waals surface area contributed by atoms with Crippen LogP contribution in [0.3, 0.4) is 0 Å². The Hall–Kier alpha value is -1.55. The van der Waals surface area contributed by atoms with Crippen molar-refractivity contribution in [1.29, 1.82) is 0 Å². The van der Waals surface area contributed by atoms with Gasteiger partial charge in [-0.05, 0) is 57.6 Å². The first-order valence-corrected chi connectivity index (χ1v) is 7.55. The molecule has 0 aromatic heterocycles. The number of carbonyl (C=O) groups is 1. The minimum absolute atomic E-state index is 0.168. The number of hydrogen-bond acceptors (Lipinski definition) is 4. The molecule has 1 fully saturated rings. The molecule has 0 saturated heterocycles. The Morgan fingerprint density at radius 1 is 1.29 bits per heavy atom. The molecule has 1 aromatic rings. The summed E-state index contributed by atoms with van der Waals surface area (Å²) in [5, 5.41) is 0. The van der Waals surface area contributed by atoms with Crippen LogP contribution >= 0.6 is 0 Å². The van der Waals surface area contributed by atoms with Crippen LogP contribution < -0.4 is 10.5 Å². The van der Waals surface area contributed by atoms with Gasteiger partial charge in [0, 0.05) is 0 Å². The van der Waals surface area contributed by atoms with Crippen molar-refractivity contribution in [3.05, 3.63) is 28.8 Å². The third kappa shape index (κ3) is 3.38. The van der Waals surface area contributed by atoms with E-state index < -0.39 is 5.54 Å². The fraction of sp³-hybridized carbons (Fsp3) is 0.588. The van der Waals surface area contributed by atoms with Crippen molar-refractivity contribution in [3.8, 4) is 5.75 Å². The lowest BCUT2D eigenvalue weighted by Gasteiger charge is -2.27. The van der Waals surface area contributed by atoms with Gasteiger partial charge in [-0.15, -0.1) is 0 Å². The van der Waals surface area contributed by atoms with E-state index in [2.05, 4.69) is 19.1 Å². The lowest BCUT2D eigenvalue weighted by Crippen LogP contribution is -2.55. The topological polar surface area (TPSA) is 61.5 Å². The van der Waals surface area contributed by atoms with E-state index in [1.54, 1.807) is 6.92 Å². The second-order valence-electron chi connectivity index (χ2n) is 6.05. The molecule has 21 heavy (non-hydrogen) atoms. The molecule has 0 heterocycles. The summed E-state index contributed by atoms with van der Waals surface area (Å²) < 4.78 is 11.1. The molecule has 1 saturated carbocycles. The molecule has 2 N–H and O–H groups in total. The monoisotopic (exact) mass is 291 g/mol. The van der Waals surface area contributed by atoms with Gasteiger partial charge in [0.2, 0.25) is 0 Å². The van der Waals surface area contributed by atoms with Crippen LogP contribution in [0.25, 0.3) is 0 Å². The van der Waals surface area contributed by atoms with Crippen LogP contribution in [0.2, 0.25) is 0 Å². The molecular formula is C17H25NO3. The van der Waals surface area contributed by atoms with E-state index in [-0.39, 0.29) is 18.5 Å². The number of hydrogen-bond donors (Lipinski definition) is 1. The van der Waals surface area contributed by atoms with Crippen molar-refractivity contribution in [2.24, 2.45) is 11.7 Å². The van der Waals surface area contributed by atoms with Gasteiger partial charge >= 0.3 is 5.97 Å². The third-order valence-electron chi connectivity index (χ3n) is 4.02. The number of ether oxygens (including phenoxy) is 2. The van der Waals surface area contributed by atoms with Crippen molar-refractivity contribution in [2.45, 2.75) is 46.1 Å². The standard InChI is InChI=1S/C17H25NO3/c1-5-20-16(19)17(18,14-6-7-14)10-21-15-12(3)8-11(2)9-13(15)4/h8-9,14H,5-7,10,18H2,1-4H3. The number of carbonyl (C=O) groups excluding carboxylic acids is 1. The Balaban J connectivity index is 2.14. The van der Waals surface area contributed by atoms with Gasteiger partial charge < -0.3 is 15.2 Å². The van der Waals surface area contributed by atoms with Gasteiger partial charge in [0.25, 0.3) is 0 Å². The molecule has 4 nitrogen and oxygen atoms in total. The lowest BCUT2D eigenvalue weighted by atomic mass is 9.95. The molecule has 2 rings (SSSR count). The largest absolute Gasteiger partial charge is 0.490 e. The van der Waals surface area contributed by atoms with E-state index >= 15 is 0 Å². The van der Waals surface area contributed by atoms with Crippen molar-refractivity contribution >= 4 is 5.97 Å². The summed E-state index contributed by atoms with van der Waals surface area (Å²) in [4.78, 5) is 12.2. The summed E-state index contributed by atoms with van der Waals surface area (Å²) in [5.41, 5.74) is 8.61. The van der Waals surface area contributed by atoms with Crippen LogP contribution in [0.5, 0.6) is 5.75 Å². The predicted octanol–water partition coefficient (Wildman–Crippen LogP) is 2.66. The number of benzene rings is 1. The molecule has 0 bridgehead atoms. The summed E-state index contributed by atoms with van der Waals surface area (Å²) in [5.74, 6) is 0.637. The maximum absolute atomic E-state index is 12.2. The highest BCUT2D eigenvalue weighted by Crippen LogP contribution is 2.39. The molecule has 1 atom stereocenters. The first kappa shape index (κ1) is 15.8. The molecule has 1 unspecified atom stereocenters. The molecule has 1 aliphatic carbocycles. The summed E-state index contributed by atoms with van der Waals surface area (Å²) in [6.07, 6.45) is 1.93. The smallest absolute Gasteiger partial charge is 0.329 e. The number of esters is 1. The zero-order valence-corrected chi connectivity index (χ0v) is 13.4. The maximum Gasteiger partial charge on any atom is 0.329 e. The molecule has 4 heteroatoms. The first-order valence-electron chi connectivity index (χ1n) is 7.55. The minimum atomic E-state index is -1.03. The van der Waals surface area contributed by atoms with Gasteiger partial charge in [-0.1, -0.05) is 17.7 Å². The van der Waals surface area contributed by atoms with Crippen molar-refractivity contribution in [3.63, 3.8) is 0 Å². The van der Waals surface area contributed by atoms with Gasteiger partial charge in [0.1, 0.15) is 12.4 Å². The van der Waals surface area contributed by atoms with Gasteiger partial charge in [-0.25, -0.2) is 4.79 Å². The highest BCUT2D eigenvalue weighted by atomic mass is 16.5. The zero-order chi connectivity index (χ0) is 15.6. The van der Waals surface area contributed by atoms with Crippen LogP contribution in [0.4, 0.5) is 0 Å². The minimum Gasteiger partial charge on any atom is -0.490 e. The number of rotatable bonds is 6. The van der Waals surface area contributed by atoms with Gasteiger partial charge in [0.05, 0.1) is 6.61 Å². The first-order chi connectivity index (χ1) is 9.88. The fourth-order valence-corrected chi connectivity index (χ4v) is 2.79. The van der Waals surface area contributed by atoms with Crippen LogP contribution in [0.1, 0.15) is 36.5 Å². The number of nitrogens with two attached hydrogens (primary N) is 1. The fourth-order valence-electron chi connectivity index (χ4n) is 2.79. The van der Waals surface area contributed by atoms with Crippen molar-refractivity contribution in [2.75, 3.05) is 13.2 Å².